The normalized spacial score (nSPS) is 31.4. The van der Waals surface area contributed by atoms with Gasteiger partial charge in [0.15, 0.2) is 9.84 Å². The van der Waals surface area contributed by atoms with E-state index in [9.17, 15) is 13.2 Å². The molecule has 1 N–H and O–H groups in total. The maximum absolute atomic E-state index is 11.8. The summed E-state index contributed by atoms with van der Waals surface area (Å²) in [5.74, 6) is 0.248. The van der Waals surface area contributed by atoms with Crippen molar-refractivity contribution in [2.24, 2.45) is 0 Å². The Labute approximate surface area is 101 Å². The lowest BCUT2D eigenvalue weighted by atomic mass is 10.2. The van der Waals surface area contributed by atoms with Crippen molar-refractivity contribution in [3.63, 3.8) is 0 Å². The second-order valence-corrected chi connectivity index (χ2v) is 6.85. The predicted molar refractivity (Wildman–Crippen MR) is 62.3 cm³/mol. The summed E-state index contributed by atoms with van der Waals surface area (Å²) in [6.45, 7) is 0.673. The monoisotopic (exact) mass is 262 g/mol. The Morgan fingerprint density at radius 1 is 1.41 bits per heavy atom. The van der Waals surface area contributed by atoms with Crippen LogP contribution in [0.4, 0.5) is 4.79 Å². The molecule has 2 amide bonds. The van der Waals surface area contributed by atoms with Gasteiger partial charge >= 0.3 is 6.03 Å². The summed E-state index contributed by atoms with van der Waals surface area (Å²) in [7, 11) is -1.32. The largest absolute Gasteiger partial charge is 0.358 e. The molecule has 0 radical (unpaired) electrons. The zero-order chi connectivity index (χ0) is 12.5. The van der Waals surface area contributed by atoms with Crippen molar-refractivity contribution >= 4 is 15.9 Å². The molecule has 6 nitrogen and oxygen atoms in total. The molecule has 7 heteroatoms. The molecule has 2 aliphatic rings. The molecule has 0 aromatic heterocycles. The number of ether oxygens (including phenoxy) is 1. The second-order valence-electron chi connectivity index (χ2n) is 4.62. The summed E-state index contributed by atoms with van der Waals surface area (Å²) in [5.41, 5.74) is 0. The summed E-state index contributed by atoms with van der Waals surface area (Å²) in [6.07, 6.45) is 2.08. The van der Waals surface area contributed by atoms with E-state index in [4.69, 9.17) is 4.74 Å². The number of hydrogen-bond acceptors (Lipinski definition) is 4. The summed E-state index contributed by atoms with van der Waals surface area (Å²) < 4.78 is 28.0. The molecule has 2 unspecified atom stereocenters. The average molecular weight is 262 g/mol. The molecule has 17 heavy (non-hydrogen) atoms. The van der Waals surface area contributed by atoms with Crippen LogP contribution < -0.4 is 5.32 Å². The molecule has 2 fully saturated rings. The summed E-state index contributed by atoms with van der Waals surface area (Å²) >= 11 is 0. The van der Waals surface area contributed by atoms with Gasteiger partial charge in [-0.25, -0.2) is 13.2 Å². The molecular weight excluding hydrogens is 244 g/mol. The highest BCUT2D eigenvalue weighted by Crippen LogP contribution is 2.17. The summed E-state index contributed by atoms with van der Waals surface area (Å²) in [5, 5.41) is 2.75. The fourth-order valence-corrected chi connectivity index (χ4v) is 3.95. The number of rotatable bonds is 2. The molecule has 0 aliphatic carbocycles. The standard InChI is InChI=1S/C10H18N2O4S/c1-12(8-4-6-17(14,15)7-8)10(13)11-9-3-2-5-16-9/h8-9H,2-7H2,1H3,(H,11,13). The first-order valence-electron chi connectivity index (χ1n) is 5.83. The minimum Gasteiger partial charge on any atom is -0.358 e. The third kappa shape index (κ3) is 3.10. The van der Waals surface area contributed by atoms with E-state index in [2.05, 4.69) is 5.32 Å². The van der Waals surface area contributed by atoms with E-state index in [-0.39, 0.29) is 29.8 Å². The number of urea groups is 1. The molecule has 0 aromatic carbocycles. The van der Waals surface area contributed by atoms with Crippen molar-refractivity contribution in [1.29, 1.82) is 0 Å². The van der Waals surface area contributed by atoms with E-state index >= 15 is 0 Å². The van der Waals surface area contributed by atoms with Crippen LogP contribution in [0.15, 0.2) is 0 Å². The van der Waals surface area contributed by atoms with E-state index in [0.29, 0.717) is 13.0 Å². The predicted octanol–water partition coefficient (Wildman–Crippen LogP) is -0.0486. The number of hydrogen-bond donors (Lipinski definition) is 1. The topological polar surface area (TPSA) is 75.7 Å². The highest BCUT2D eigenvalue weighted by molar-refractivity contribution is 7.91. The van der Waals surface area contributed by atoms with Crippen LogP contribution in [0.25, 0.3) is 0 Å². The molecule has 0 bridgehead atoms. The summed E-state index contributed by atoms with van der Waals surface area (Å²) in [6, 6.07) is -0.458. The summed E-state index contributed by atoms with van der Waals surface area (Å²) in [4.78, 5) is 13.3. The molecule has 2 rings (SSSR count). The second kappa shape index (κ2) is 4.81. The minimum absolute atomic E-state index is 0.0719. The molecule has 0 saturated carbocycles. The molecular formula is C10H18N2O4S. The lowest BCUT2D eigenvalue weighted by molar-refractivity contribution is 0.0832. The zero-order valence-corrected chi connectivity index (χ0v) is 10.7. The van der Waals surface area contributed by atoms with E-state index in [1.54, 1.807) is 7.05 Å². The van der Waals surface area contributed by atoms with Crippen LogP contribution >= 0.6 is 0 Å². The van der Waals surface area contributed by atoms with Crippen molar-refractivity contribution in [3.8, 4) is 0 Å². The Bertz CT molecular complexity index is 389. The number of sulfone groups is 1. The van der Waals surface area contributed by atoms with Crippen LogP contribution in [-0.2, 0) is 14.6 Å². The van der Waals surface area contributed by atoms with Crippen LogP contribution in [0.3, 0.4) is 0 Å². The SMILES string of the molecule is CN(C(=O)NC1CCCO1)C1CCS(=O)(=O)C1. The van der Waals surface area contributed by atoms with Gasteiger partial charge in [-0.3, -0.25) is 0 Å². The van der Waals surface area contributed by atoms with Crippen molar-refractivity contribution in [3.05, 3.63) is 0 Å². The lowest BCUT2D eigenvalue weighted by Gasteiger charge is -2.25. The third-order valence-electron chi connectivity index (χ3n) is 3.29. The van der Waals surface area contributed by atoms with Gasteiger partial charge in [0.05, 0.1) is 11.5 Å². The molecule has 2 saturated heterocycles. The number of nitrogens with one attached hydrogen (secondary N) is 1. The first-order valence-corrected chi connectivity index (χ1v) is 7.65. The Morgan fingerprint density at radius 3 is 2.71 bits per heavy atom. The van der Waals surface area contributed by atoms with Gasteiger partial charge in [-0.2, -0.15) is 0 Å². The Kier molecular flexibility index (Phi) is 3.58. The van der Waals surface area contributed by atoms with E-state index in [1.807, 2.05) is 0 Å². The Hall–Kier alpha value is -0.820. The highest BCUT2D eigenvalue weighted by atomic mass is 32.2. The number of carbonyl (C=O) groups excluding carboxylic acids is 1. The van der Waals surface area contributed by atoms with Gasteiger partial charge < -0.3 is 15.0 Å². The quantitative estimate of drug-likeness (QED) is 0.757. The first-order chi connectivity index (χ1) is 7.98. The molecule has 0 aromatic rings. The Morgan fingerprint density at radius 2 is 2.18 bits per heavy atom. The maximum atomic E-state index is 11.8. The number of amides is 2. The van der Waals surface area contributed by atoms with Crippen LogP contribution in [0.1, 0.15) is 19.3 Å². The van der Waals surface area contributed by atoms with E-state index in [1.165, 1.54) is 4.90 Å². The maximum Gasteiger partial charge on any atom is 0.319 e. The molecule has 2 atom stereocenters. The van der Waals surface area contributed by atoms with Gasteiger partial charge in [-0.15, -0.1) is 0 Å². The van der Waals surface area contributed by atoms with Gasteiger partial charge in [0.2, 0.25) is 0 Å². The van der Waals surface area contributed by atoms with Crippen molar-refractivity contribution in [1.82, 2.24) is 10.2 Å². The lowest BCUT2D eigenvalue weighted by Crippen LogP contribution is -2.47. The third-order valence-corrected chi connectivity index (χ3v) is 5.04. The fraction of sp³-hybridized carbons (Fsp3) is 0.900. The van der Waals surface area contributed by atoms with Gasteiger partial charge in [0.25, 0.3) is 0 Å². The van der Waals surface area contributed by atoms with Gasteiger partial charge in [-0.05, 0) is 19.3 Å². The van der Waals surface area contributed by atoms with Crippen LogP contribution in [0.5, 0.6) is 0 Å². The minimum atomic E-state index is -2.95. The van der Waals surface area contributed by atoms with Crippen LogP contribution in [0.2, 0.25) is 0 Å². The van der Waals surface area contributed by atoms with Gasteiger partial charge in [0, 0.05) is 19.7 Å². The van der Waals surface area contributed by atoms with E-state index in [0.717, 1.165) is 12.8 Å². The number of nitrogens with zero attached hydrogens (tertiary/aromatic N) is 1. The average Bonchev–Trinajstić information content (AvgIpc) is 2.86. The highest BCUT2D eigenvalue weighted by Gasteiger charge is 2.33. The zero-order valence-electron chi connectivity index (χ0n) is 9.89. The Balaban J connectivity index is 1.86. The molecule has 2 aliphatic heterocycles. The fourth-order valence-electron chi connectivity index (χ4n) is 2.18. The van der Waals surface area contributed by atoms with Crippen molar-refractivity contribution in [2.45, 2.75) is 31.5 Å². The first kappa shape index (κ1) is 12.6. The molecule has 0 spiro atoms. The van der Waals surface area contributed by atoms with Gasteiger partial charge in [0.1, 0.15) is 6.23 Å². The smallest absolute Gasteiger partial charge is 0.319 e. The van der Waals surface area contributed by atoms with Crippen molar-refractivity contribution < 1.29 is 17.9 Å². The van der Waals surface area contributed by atoms with Gasteiger partial charge in [-0.1, -0.05) is 0 Å². The van der Waals surface area contributed by atoms with Crippen LogP contribution in [-0.4, -0.2) is 56.8 Å². The molecule has 98 valence electrons. The number of carbonyl (C=O) groups is 1. The van der Waals surface area contributed by atoms with E-state index < -0.39 is 9.84 Å². The van der Waals surface area contributed by atoms with Crippen LogP contribution in [0, 0.1) is 0 Å². The molecule has 2 heterocycles. The van der Waals surface area contributed by atoms with Crippen molar-refractivity contribution in [2.75, 3.05) is 25.2 Å².